The number of aromatic nitrogens is 5. The molecule has 0 N–H and O–H groups in total. The zero-order valence-electron chi connectivity index (χ0n) is 40.2. The summed E-state index contributed by atoms with van der Waals surface area (Å²) in [6.07, 6.45) is 0. The molecule has 0 saturated carbocycles. The highest BCUT2D eigenvalue weighted by Gasteiger charge is 2.24. The van der Waals surface area contributed by atoms with Gasteiger partial charge in [0, 0.05) is 43.9 Å². The van der Waals surface area contributed by atoms with E-state index >= 15 is 0 Å². The van der Waals surface area contributed by atoms with E-state index in [0.717, 1.165) is 88.9 Å². The molecule has 0 saturated heterocycles. The van der Waals surface area contributed by atoms with Crippen molar-refractivity contribution in [2.45, 2.75) is 0 Å². The maximum atomic E-state index is 5.45. The monoisotopic (exact) mass is 943 g/mol. The lowest BCUT2D eigenvalue weighted by atomic mass is 9.95. The Morgan fingerprint density at radius 3 is 1.30 bits per heavy atom. The van der Waals surface area contributed by atoms with E-state index in [1.807, 2.05) is 24.3 Å². The molecular weight excluding hydrogens is 899 g/mol. The summed E-state index contributed by atoms with van der Waals surface area (Å²) in [5, 5.41) is 4.74. The summed E-state index contributed by atoms with van der Waals surface area (Å²) in [6, 6.07) is 97.2. The van der Waals surface area contributed by atoms with Gasteiger partial charge in [-0.3, -0.25) is 0 Å². The zero-order chi connectivity index (χ0) is 49.0. The first-order valence-corrected chi connectivity index (χ1v) is 25.1. The van der Waals surface area contributed by atoms with E-state index in [-0.39, 0.29) is 0 Å². The van der Waals surface area contributed by atoms with E-state index in [0.29, 0.717) is 17.5 Å². The molecule has 0 aliphatic heterocycles. The van der Waals surface area contributed by atoms with Crippen molar-refractivity contribution in [3.63, 3.8) is 0 Å². The van der Waals surface area contributed by atoms with E-state index in [9.17, 15) is 0 Å². The van der Waals surface area contributed by atoms with Crippen LogP contribution in [0.25, 0.3) is 134 Å². The molecule has 5 heteroatoms. The summed E-state index contributed by atoms with van der Waals surface area (Å²) in [4.78, 5) is 16.1. The Balaban J connectivity index is 1.07. The molecule has 3 aromatic heterocycles. The summed E-state index contributed by atoms with van der Waals surface area (Å²) in [5.74, 6) is 1.79. The average Bonchev–Trinajstić information content (AvgIpc) is 4.01. The Morgan fingerprint density at radius 1 is 0.230 bits per heavy atom. The van der Waals surface area contributed by atoms with Crippen LogP contribution < -0.4 is 0 Å². The van der Waals surface area contributed by atoms with Crippen molar-refractivity contribution in [1.29, 1.82) is 0 Å². The fourth-order valence-electron chi connectivity index (χ4n) is 11.0. The fraction of sp³-hybridized carbons (Fsp3) is 0. The third-order valence-corrected chi connectivity index (χ3v) is 14.4. The van der Waals surface area contributed by atoms with Gasteiger partial charge in [-0.25, -0.2) is 15.0 Å². The van der Waals surface area contributed by atoms with E-state index in [4.69, 9.17) is 15.0 Å². The van der Waals surface area contributed by atoms with Gasteiger partial charge in [-0.2, -0.15) is 0 Å². The SMILES string of the molecule is c1ccc(-c2cccc(-c3nc(-c4ccccc4)nc(-c4ccc(-c5ccccc5)cc4-n4c5cc(-c6ccccc6)ccc5c5c(-c6cccc7c6c6ccccc6n7-c6ccccc6)cccc54)n3)c2)cc1. The molecule has 0 unspecified atom stereocenters. The lowest BCUT2D eigenvalue weighted by molar-refractivity contribution is 1.06. The summed E-state index contributed by atoms with van der Waals surface area (Å²) >= 11 is 0. The van der Waals surface area contributed by atoms with E-state index in [1.54, 1.807) is 0 Å². The van der Waals surface area contributed by atoms with Crippen LogP contribution in [0.1, 0.15) is 0 Å². The van der Waals surface area contributed by atoms with Crippen molar-refractivity contribution in [2.75, 3.05) is 0 Å². The van der Waals surface area contributed by atoms with Crippen LogP contribution in [0.15, 0.2) is 273 Å². The van der Waals surface area contributed by atoms with E-state index in [2.05, 4.69) is 258 Å². The van der Waals surface area contributed by atoms with Crippen LogP contribution in [0.5, 0.6) is 0 Å². The third kappa shape index (κ3) is 7.37. The second-order valence-corrected chi connectivity index (χ2v) is 18.7. The Morgan fingerprint density at radius 2 is 0.662 bits per heavy atom. The van der Waals surface area contributed by atoms with Crippen molar-refractivity contribution >= 4 is 43.6 Å². The number of hydrogen-bond donors (Lipinski definition) is 0. The second kappa shape index (κ2) is 18.0. The Hall–Kier alpha value is -9.97. The van der Waals surface area contributed by atoms with Gasteiger partial charge in [0.15, 0.2) is 17.5 Å². The number of nitrogens with zero attached hydrogens (tertiary/aromatic N) is 5. The van der Waals surface area contributed by atoms with Gasteiger partial charge in [0.05, 0.1) is 27.8 Å². The molecule has 0 atom stereocenters. The van der Waals surface area contributed by atoms with Crippen molar-refractivity contribution in [3.05, 3.63) is 273 Å². The molecule has 0 aliphatic carbocycles. The molecule has 0 aliphatic rings. The lowest BCUT2D eigenvalue weighted by Crippen LogP contribution is -2.04. The Kier molecular flexibility index (Phi) is 10.4. The van der Waals surface area contributed by atoms with Crippen LogP contribution in [-0.4, -0.2) is 24.1 Å². The number of benzene rings is 11. The normalized spacial score (nSPS) is 11.5. The van der Waals surface area contributed by atoms with Crippen molar-refractivity contribution in [3.8, 4) is 90.0 Å². The minimum absolute atomic E-state index is 0.581. The zero-order valence-corrected chi connectivity index (χ0v) is 40.2. The van der Waals surface area contributed by atoms with Gasteiger partial charge in [-0.05, 0) is 99.1 Å². The van der Waals surface area contributed by atoms with Gasteiger partial charge >= 0.3 is 0 Å². The van der Waals surface area contributed by atoms with Crippen LogP contribution in [0.4, 0.5) is 0 Å². The minimum atomic E-state index is 0.581. The molecular formula is C69H45N5. The third-order valence-electron chi connectivity index (χ3n) is 14.4. The molecule has 3 heterocycles. The summed E-state index contributed by atoms with van der Waals surface area (Å²) in [5.41, 5.74) is 18.3. The maximum absolute atomic E-state index is 5.45. The predicted octanol–water partition coefficient (Wildman–Crippen LogP) is 17.7. The molecule has 346 valence electrons. The van der Waals surface area contributed by atoms with Gasteiger partial charge in [0.25, 0.3) is 0 Å². The Bertz CT molecular complexity index is 4390. The van der Waals surface area contributed by atoms with Crippen molar-refractivity contribution in [1.82, 2.24) is 24.1 Å². The molecule has 14 aromatic rings. The van der Waals surface area contributed by atoms with Crippen LogP contribution in [-0.2, 0) is 0 Å². The van der Waals surface area contributed by atoms with Gasteiger partial charge in [0.1, 0.15) is 0 Å². The summed E-state index contributed by atoms with van der Waals surface area (Å²) in [7, 11) is 0. The molecule has 0 fully saturated rings. The van der Waals surface area contributed by atoms with Gasteiger partial charge < -0.3 is 9.13 Å². The molecule has 74 heavy (non-hydrogen) atoms. The highest BCUT2D eigenvalue weighted by Crippen LogP contribution is 2.46. The van der Waals surface area contributed by atoms with Crippen LogP contribution >= 0.6 is 0 Å². The number of hydrogen-bond acceptors (Lipinski definition) is 3. The molecule has 11 aromatic carbocycles. The van der Waals surface area contributed by atoms with Gasteiger partial charge in [-0.1, -0.05) is 218 Å². The van der Waals surface area contributed by atoms with Crippen molar-refractivity contribution < 1.29 is 0 Å². The van der Waals surface area contributed by atoms with Crippen molar-refractivity contribution in [2.24, 2.45) is 0 Å². The molecule has 5 nitrogen and oxygen atoms in total. The topological polar surface area (TPSA) is 48.5 Å². The van der Waals surface area contributed by atoms with E-state index in [1.165, 1.54) is 27.2 Å². The van der Waals surface area contributed by atoms with Gasteiger partial charge in [-0.15, -0.1) is 0 Å². The summed E-state index contributed by atoms with van der Waals surface area (Å²) < 4.78 is 4.85. The second-order valence-electron chi connectivity index (χ2n) is 18.7. The minimum Gasteiger partial charge on any atom is -0.309 e. The molecule has 0 amide bonds. The summed E-state index contributed by atoms with van der Waals surface area (Å²) in [6.45, 7) is 0. The number of rotatable bonds is 9. The standard InChI is InChI=1S/C69H45N5/c1-6-21-46(22-7-1)50-29-18-30-53(43-50)68-70-67(49-27-12-4-13-28-49)71-69(72-68)59-42-40-52(48-25-10-3-11-26-48)45-64(59)74-62-38-20-35-56(66(62)58-41-39-51(44-63(58)74)47-23-8-2-9-24-47)55-34-19-37-61-65(55)57-33-16-17-36-60(57)73(61)54-31-14-5-15-32-54/h1-45H. The molecule has 0 bridgehead atoms. The number of para-hydroxylation sites is 2. The van der Waals surface area contributed by atoms with E-state index < -0.39 is 0 Å². The fourth-order valence-corrected chi connectivity index (χ4v) is 11.0. The molecule has 0 radical (unpaired) electrons. The van der Waals surface area contributed by atoms with Crippen LogP contribution in [0.3, 0.4) is 0 Å². The number of fused-ring (bicyclic) bond motifs is 6. The first-order valence-electron chi connectivity index (χ1n) is 25.1. The smallest absolute Gasteiger partial charge is 0.166 e. The lowest BCUT2D eigenvalue weighted by Gasteiger charge is -2.17. The predicted molar refractivity (Wildman–Crippen MR) is 307 cm³/mol. The largest absolute Gasteiger partial charge is 0.309 e. The van der Waals surface area contributed by atoms with Crippen LogP contribution in [0, 0.1) is 0 Å². The molecule has 0 spiro atoms. The van der Waals surface area contributed by atoms with Crippen LogP contribution in [0.2, 0.25) is 0 Å². The first kappa shape index (κ1) is 42.9. The highest BCUT2D eigenvalue weighted by atomic mass is 15.1. The molecule has 14 rings (SSSR count). The average molecular weight is 944 g/mol. The quantitative estimate of drug-likeness (QED) is 0.145. The highest BCUT2D eigenvalue weighted by molar-refractivity contribution is 6.22. The first-order chi connectivity index (χ1) is 36.7. The van der Waals surface area contributed by atoms with Gasteiger partial charge in [0.2, 0.25) is 0 Å². The maximum Gasteiger partial charge on any atom is 0.166 e. The Labute approximate surface area is 428 Å².